The van der Waals surface area contributed by atoms with E-state index in [1.807, 2.05) is 0 Å². The predicted octanol–water partition coefficient (Wildman–Crippen LogP) is 1.24. The van der Waals surface area contributed by atoms with Crippen LogP contribution in [0.5, 0.6) is 17.2 Å². The largest absolute Gasteiger partial charge is 0.507 e. The molecule has 47 heavy (non-hydrogen) atoms. The summed E-state index contributed by atoms with van der Waals surface area (Å²) in [5.74, 6) is -4.26. The van der Waals surface area contributed by atoms with E-state index in [1.54, 1.807) is 20.8 Å². The van der Waals surface area contributed by atoms with E-state index in [9.17, 15) is 45.0 Å². The molecule has 0 amide bonds. The van der Waals surface area contributed by atoms with Crippen LogP contribution < -0.4 is 5.73 Å². The highest BCUT2D eigenvalue weighted by Gasteiger charge is 2.49. The Balaban J connectivity index is 1.48. The first kappa shape index (κ1) is 34.9. The minimum Gasteiger partial charge on any atom is -0.507 e. The van der Waals surface area contributed by atoms with Gasteiger partial charge in [0.1, 0.15) is 29.0 Å². The van der Waals surface area contributed by atoms with Gasteiger partial charge in [-0.1, -0.05) is 12.1 Å². The molecule has 1 fully saturated rings. The minimum atomic E-state index is -2.07. The normalized spacial score (nSPS) is 29.0. The Kier molecular flexibility index (Phi) is 9.79. The molecule has 0 saturated carbocycles. The van der Waals surface area contributed by atoms with Crippen molar-refractivity contribution >= 4 is 17.3 Å². The van der Waals surface area contributed by atoms with Crippen LogP contribution in [0.1, 0.15) is 96.0 Å². The predicted molar refractivity (Wildman–Crippen MR) is 162 cm³/mol. The summed E-state index contributed by atoms with van der Waals surface area (Å²) >= 11 is 0. The average molecular weight is 660 g/mol. The molecule has 2 aliphatic carbocycles. The zero-order valence-corrected chi connectivity index (χ0v) is 26.5. The molecule has 2 aromatic carbocycles. The van der Waals surface area contributed by atoms with Gasteiger partial charge in [0.05, 0.1) is 47.7 Å². The van der Waals surface area contributed by atoms with Gasteiger partial charge in [-0.15, -0.1) is 0 Å². The maximum Gasteiger partial charge on any atom is 0.202 e. The minimum absolute atomic E-state index is 0.0205. The summed E-state index contributed by atoms with van der Waals surface area (Å²) in [6.45, 7) is 5.76. The summed E-state index contributed by atoms with van der Waals surface area (Å²) in [4.78, 5) is 39.8. The Morgan fingerprint density at radius 3 is 2.40 bits per heavy atom. The number of aromatic hydroxyl groups is 3. The maximum absolute atomic E-state index is 13.6. The molecule has 9 atom stereocenters. The van der Waals surface area contributed by atoms with Gasteiger partial charge in [0, 0.05) is 48.4 Å². The fourth-order valence-corrected chi connectivity index (χ4v) is 6.60. The van der Waals surface area contributed by atoms with Crippen LogP contribution in [0.4, 0.5) is 0 Å². The topological polar surface area (TPSA) is 236 Å². The van der Waals surface area contributed by atoms with Crippen LogP contribution in [0.3, 0.4) is 0 Å². The smallest absolute Gasteiger partial charge is 0.202 e. The Hall–Kier alpha value is -3.47. The van der Waals surface area contributed by atoms with Gasteiger partial charge in [0.2, 0.25) is 5.78 Å². The van der Waals surface area contributed by atoms with Crippen LogP contribution in [-0.4, -0.2) is 103 Å². The molecule has 0 spiro atoms. The van der Waals surface area contributed by atoms with Crippen molar-refractivity contribution in [2.24, 2.45) is 5.73 Å². The van der Waals surface area contributed by atoms with Crippen molar-refractivity contribution in [3.63, 3.8) is 0 Å². The number of aliphatic hydroxyl groups is 3. The molecule has 1 aliphatic heterocycles. The lowest BCUT2D eigenvalue weighted by molar-refractivity contribution is -0.285. The molecule has 1 heterocycles. The SMILES string of the molecule is CC(=O)[C@]1(O)Cc2c(O)c3c(c(O)c2[C@@H](O[C@H]2C[C@H](N)[C@H](OC(CC(C)O)OC(C)CO)[C@H](C)O2)C1)C(=O)c1c(O)cccc1C3=O. The van der Waals surface area contributed by atoms with E-state index >= 15 is 0 Å². The lowest BCUT2D eigenvalue weighted by Gasteiger charge is -2.43. The molecule has 14 nitrogen and oxygen atoms in total. The van der Waals surface area contributed by atoms with Crippen molar-refractivity contribution in [2.75, 3.05) is 6.61 Å². The second-order valence-corrected chi connectivity index (χ2v) is 12.7. The van der Waals surface area contributed by atoms with Gasteiger partial charge >= 0.3 is 0 Å². The number of phenols is 3. The summed E-state index contributed by atoms with van der Waals surface area (Å²) in [5.41, 5.74) is 2.60. The summed E-state index contributed by atoms with van der Waals surface area (Å²) in [6, 6.07) is 3.17. The van der Waals surface area contributed by atoms with Crippen molar-refractivity contribution in [1.82, 2.24) is 0 Å². The van der Waals surface area contributed by atoms with Crippen LogP contribution in [0.15, 0.2) is 18.2 Å². The third kappa shape index (κ3) is 6.39. The number of hydrogen-bond acceptors (Lipinski definition) is 14. The molecule has 0 aromatic heterocycles. The second-order valence-electron chi connectivity index (χ2n) is 12.7. The molecule has 5 rings (SSSR count). The first-order valence-electron chi connectivity index (χ1n) is 15.5. The van der Waals surface area contributed by atoms with Crippen LogP contribution >= 0.6 is 0 Å². The van der Waals surface area contributed by atoms with E-state index in [4.69, 9.17) is 24.7 Å². The summed E-state index contributed by atoms with van der Waals surface area (Å²) in [6.07, 6.45) is -6.88. The zero-order valence-electron chi connectivity index (χ0n) is 26.5. The second kappa shape index (κ2) is 13.2. The van der Waals surface area contributed by atoms with Crippen LogP contribution in [-0.2, 0) is 30.2 Å². The first-order valence-corrected chi connectivity index (χ1v) is 15.5. The standard InChI is InChI=1S/C33H41NO13/c1-13(36)8-22(44-14(2)12-35)47-32-15(3)45-23(9-19(32)34)46-21-11-33(43,16(4)37)10-18-25(21)31(42)27-26(29(18)40)28(39)17-6-5-7-20(38)24(17)30(27)41/h5-7,13-15,19,21-23,32,35-36,38,40,42-43H,8-12,34H2,1-4H3/t13?,14?,15-,19-,21-,22?,23-,32+,33-/m0/s1. The molecular weight excluding hydrogens is 618 g/mol. The summed E-state index contributed by atoms with van der Waals surface area (Å²) < 4.78 is 24.1. The average Bonchev–Trinajstić information content (AvgIpc) is 2.98. The molecule has 0 bridgehead atoms. The lowest BCUT2D eigenvalue weighted by Crippen LogP contribution is -2.55. The molecule has 14 heteroatoms. The van der Waals surface area contributed by atoms with E-state index in [0.29, 0.717) is 0 Å². The molecule has 256 valence electrons. The van der Waals surface area contributed by atoms with Crippen LogP contribution in [0.25, 0.3) is 0 Å². The van der Waals surface area contributed by atoms with Gasteiger partial charge in [-0.25, -0.2) is 0 Å². The van der Waals surface area contributed by atoms with Crippen molar-refractivity contribution in [2.45, 2.75) is 108 Å². The lowest BCUT2D eigenvalue weighted by atomic mass is 9.72. The Labute approximate surface area is 270 Å². The summed E-state index contributed by atoms with van der Waals surface area (Å²) in [5, 5.41) is 64.2. The number of fused-ring (bicyclic) bond motifs is 3. The number of phenolic OH excluding ortho intramolecular Hbond substituents is 3. The van der Waals surface area contributed by atoms with Gasteiger partial charge < -0.3 is 55.3 Å². The maximum atomic E-state index is 13.6. The number of rotatable bonds is 10. The number of carbonyl (C=O) groups is 3. The number of carbonyl (C=O) groups excluding carboxylic acids is 3. The number of nitrogens with two attached hydrogens (primary N) is 1. The summed E-state index contributed by atoms with van der Waals surface area (Å²) in [7, 11) is 0. The highest BCUT2D eigenvalue weighted by molar-refractivity contribution is 6.31. The zero-order chi connectivity index (χ0) is 34.5. The number of ketones is 3. The van der Waals surface area contributed by atoms with Gasteiger partial charge in [-0.05, 0) is 33.8 Å². The van der Waals surface area contributed by atoms with E-state index in [2.05, 4.69) is 0 Å². The van der Waals surface area contributed by atoms with E-state index < -0.39 is 113 Å². The van der Waals surface area contributed by atoms with E-state index in [1.165, 1.54) is 18.2 Å². The quantitative estimate of drug-likeness (QED) is 0.120. The van der Waals surface area contributed by atoms with E-state index in [-0.39, 0.29) is 41.7 Å². The fraction of sp³-hybridized carbons (Fsp3) is 0.545. The number of hydrogen-bond donors (Lipinski definition) is 7. The molecule has 3 aliphatic rings. The van der Waals surface area contributed by atoms with Gasteiger partial charge in [0.15, 0.2) is 24.1 Å². The number of ether oxygens (including phenoxy) is 4. The van der Waals surface area contributed by atoms with Crippen LogP contribution in [0, 0.1) is 0 Å². The third-order valence-electron chi connectivity index (χ3n) is 9.04. The Morgan fingerprint density at radius 1 is 1.11 bits per heavy atom. The van der Waals surface area contributed by atoms with Crippen LogP contribution in [0.2, 0.25) is 0 Å². The molecule has 8 N–H and O–H groups in total. The molecule has 2 aromatic rings. The Morgan fingerprint density at radius 2 is 1.79 bits per heavy atom. The highest BCUT2D eigenvalue weighted by Crippen LogP contribution is 2.52. The van der Waals surface area contributed by atoms with Gasteiger partial charge in [-0.2, -0.15) is 0 Å². The van der Waals surface area contributed by atoms with Gasteiger partial charge in [0.25, 0.3) is 0 Å². The van der Waals surface area contributed by atoms with Crippen molar-refractivity contribution < 1.29 is 64.0 Å². The molecule has 3 unspecified atom stereocenters. The van der Waals surface area contributed by atoms with Crippen molar-refractivity contribution in [1.29, 1.82) is 0 Å². The number of Topliss-reactive ketones (excluding diaryl/α,β-unsaturated/α-hetero) is 1. The van der Waals surface area contributed by atoms with Crippen molar-refractivity contribution in [3.8, 4) is 17.2 Å². The Bertz CT molecular complexity index is 1560. The third-order valence-corrected chi connectivity index (χ3v) is 9.04. The molecule has 1 saturated heterocycles. The highest BCUT2D eigenvalue weighted by atomic mass is 16.7. The first-order chi connectivity index (χ1) is 22.1. The molecular formula is C33H41NO13. The van der Waals surface area contributed by atoms with E-state index in [0.717, 1.165) is 6.92 Å². The fourth-order valence-electron chi connectivity index (χ4n) is 6.60. The number of aliphatic hydroxyl groups excluding tert-OH is 2. The monoisotopic (exact) mass is 659 g/mol. The van der Waals surface area contributed by atoms with Gasteiger partial charge in [-0.3, -0.25) is 14.4 Å². The van der Waals surface area contributed by atoms with Crippen molar-refractivity contribution in [3.05, 3.63) is 51.6 Å². The molecule has 0 radical (unpaired) electrons. The number of benzene rings is 2.